The zero-order chi connectivity index (χ0) is 15.3. The Hall–Kier alpha value is -1.46. The van der Waals surface area contributed by atoms with Crippen molar-refractivity contribution in [2.75, 3.05) is 19.0 Å². The summed E-state index contributed by atoms with van der Waals surface area (Å²) in [6.07, 6.45) is 0. The minimum absolute atomic E-state index is 0.125. The number of aliphatic hydroxyl groups excluding tert-OH is 1. The molecule has 0 unspecified atom stereocenters. The second kappa shape index (κ2) is 6.81. The smallest absolute Gasteiger partial charge is 0.319 e. The summed E-state index contributed by atoms with van der Waals surface area (Å²) in [6.45, 7) is 5.70. The number of amides is 2. The molecule has 3 N–H and O–H groups in total. The average molecular weight is 301 g/mol. The third kappa shape index (κ3) is 4.58. The van der Waals surface area contributed by atoms with E-state index in [-0.39, 0.29) is 24.1 Å². The number of nitrogens with one attached hydrogen (secondary N) is 2. The summed E-state index contributed by atoms with van der Waals surface area (Å²) in [7, 11) is 1.52. The Balaban J connectivity index is 2.69. The molecule has 0 fully saturated rings. The van der Waals surface area contributed by atoms with Crippen LogP contribution in [0.2, 0.25) is 5.02 Å². The number of hydrogen-bond acceptors (Lipinski definition) is 3. The van der Waals surface area contributed by atoms with E-state index < -0.39 is 0 Å². The Morgan fingerprint density at radius 1 is 1.45 bits per heavy atom. The topological polar surface area (TPSA) is 70.6 Å². The number of rotatable bonds is 4. The summed E-state index contributed by atoms with van der Waals surface area (Å²) < 4.78 is 5.04. The van der Waals surface area contributed by atoms with Crippen LogP contribution in [0.1, 0.15) is 20.8 Å². The Labute approximate surface area is 124 Å². The van der Waals surface area contributed by atoms with Crippen molar-refractivity contribution in [1.29, 1.82) is 0 Å². The van der Waals surface area contributed by atoms with Crippen molar-refractivity contribution in [2.24, 2.45) is 5.41 Å². The van der Waals surface area contributed by atoms with Gasteiger partial charge in [-0.15, -0.1) is 0 Å². The van der Waals surface area contributed by atoms with Gasteiger partial charge in [0.1, 0.15) is 5.75 Å². The van der Waals surface area contributed by atoms with Crippen molar-refractivity contribution < 1.29 is 14.6 Å². The van der Waals surface area contributed by atoms with Gasteiger partial charge < -0.3 is 20.5 Å². The van der Waals surface area contributed by atoms with Crippen molar-refractivity contribution in [3.8, 4) is 5.75 Å². The lowest BCUT2D eigenvalue weighted by Crippen LogP contribution is -2.47. The number of methoxy groups -OCH3 is 1. The van der Waals surface area contributed by atoms with Crippen LogP contribution in [0.15, 0.2) is 18.2 Å². The van der Waals surface area contributed by atoms with E-state index in [1.54, 1.807) is 18.2 Å². The Morgan fingerprint density at radius 3 is 2.55 bits per heavy atom. The third-order valence-corrected chi connectivity index (χ3v) is 3.24. The number of aliphatic hydroxyl groups is 1. The molecule has 0 saturated heterocycles. The molecule has 5 nitrogen and oxygen atoms in total. The Bertz CT molecular complexity index is 472. The fraction of sp³-hybridized carbons (Fsp3) is 0.500. The summed E-state index contributed by atoms with van der Waals surface area (Å²) in [5, 5.41) is 15.1. The van der Waals surface area contributed by atoms with Crippen LogP contribution in [0.3, 0.4) is 0 Å². The monoisotopic (exact) mass is 300 g/mol. The largest absolute Gasteiger partial charge is 0.495 e. The molecule has 2 amide bonds. The van der Waals surface area contributed by atoms with Crippen molar-refractivity contribution in [3.63, 3.8) is 0 Å². The summed E-state index contributed by atoms with van der Waals surface area (Å²) in [6, 6.07) is 4.24. The van der Waals surface area contributed by atoms with Gasteiger partial charge in [0.15, 0.2) is 0 Å². The lowest BCUT2D eigenvalue weighted by atomic mass is 9.87. The van der Waals surface area contributed by atoms with Gasteiger partial charge in [-0.2, -0.15) is 0 Å². The molecule has 0 heterocycles. The maximum atomic E-state index is 11.9. The normalized spacial score (nSPS) is 12.7. The van der Waals surface area contributed by atoms with Crippen LogP contribution in [-0.2, 0) is 0 Å². The lowest BCUT2D eigenvalue weighted by Gasteiger charge is -2.29. The highest BCUT2D eigenvalue weighted by Gasteiger charge is 2.25. The number of carbonyl (C=O) groups excluding carboxylic acids is 1. The molecule has 112 valence electrons. The van der Waals surface area contributed by atoms with Crippen LogP contribution in [0.25, 0.3) is 0 Å². The predicted octanol–water partition coefficient (Wildman–Crippen LogP) is 2.88. The minimum Gasteiger partial charge on any atom is -0.495 e. The summed E-state index contributed by atoms with van der Waals surface area (Å²) in [4.78, 5) is 11.9. The molecular formula is C14H21ClN2O3. The molecule has 0 aliphatic rings. The average Bonchev–Trinajstić information content (AvgIpc) is 2.34. The number of hydrogen-bond donors (Lipinski definition) is 3. The fourth-order valence-electron chi connectivity index (χ4n) is 1.61. The summed E-state index contributed by atoms with van der Waals surface area (Å²) >= 11 is 5.98. The first-order valence-electron chi connectivity index (χ1n) is 6.30. The van der Waals surface area contributed by atoms with E-state index in [0.29, 0.717) is 16.5 Å². The fourth-order valence-corrected chi connectivity index (χ4v) is 1.86. The maximum absolute atomic E-state index is 11.9. The second-order valence-corrected chi connectivity index (χ2v) is 5.96. The number of ether oxygens (including phenoxy) is 1. The van der Waals surface area contributed by atoms with Crippen LogP contribution in [-0.4, -0.2) is 30.9 Å². The van der Waals surface area contributed by atoms with E-state index >= 15 is 0 Å². The second-order valence-electron chi connectivity index (χ2n) is 5.55. The molecule has 0 aromatic heterocycles. The first kappa shape index (κ1) is 16.6. The molecule has 1 atom stereocenters. The lowest BCUT2D eigenvalue weighted by molar-refractivity contribution is 0.162. The van der Waals surface area contributed by atoms with Crippen LogP contribution in [0.4, 0.5) is 10.5 Å². The van der Waals surface area contributed by atoms with Gasteiger partial charge in [0.25, 0.3) is 0 Å². The predicted molar refractivity (Wildman–Crippen MR) is 80.5 cm³/mol. The molecule has 1 aromatic carbocycles. The van der Waals surface area contributed by atoms with Crippen LogP contribution in [0.5, 0.6) is 5.75 Å². The highest BCUT2D eigenvalue weighted by atomic mass is 35.5. The molecule has 0 radical (unpaired) electrons. The van der Waals surface area contributed by atoms with E-state index in [1.165, 1.54) is 7.11 Å². The zero-order valence-corrected chi connectivity index (χ0v) is 12.9. The molecule has 0 bridgehead atoms. The molecule has 6 heteroatoms. The molecule has 0 aliphatic carbocycles. The van der Waals surface area contributed by atoms with Crippen molar-refractivity contribution in [2.45, 2.75) is 26.8 Å². The van der Waals surface area contributed by atoms with Crippen LogP contribution >= 0.6 is 11.6 Å². The van der Waals surface area contributed by atoms with Crippen molar-refractivity contribution in [3.05, 3.63) is 23.2 Å². The molecule has 0 spiro atoms. The number of benzene rings is 1. The molecule has 20 heavy (non-hydrogen) atoms. The van der Waals surface area contributed by atoms with Crippen molar-refractivity contribution in [1.82, 2.24) is 5.32 Å². The third-order valence-electron chi connectivity index (χ3n) is 2.94. The van der Waals surface area contributed by atoms with Gasteiger partial charge in [-0.25, -0.2) is 4.79 Å². The summed E-state index contributed by atoms with van der Waals surface area (Å²) in [5.74, 6) is 0.542. The number of halogens is 1. The van der Waals surface area contributed by atoms with Crippen LogP contribution < -0.4 is 15.4 Å². The highest BCUT2D eigenvalue weighted by Crippen LogP contribution is 2.27. The summed E-state index contributed by atoms with van der Waals surface area (Å²) in [5.41, 5.74) is 0.322. The molecule has 0 saturated carbocycles. The van der Waals surface area contributed by atoms with Gasteiger partial charge in [-0.3, -0.25) is 0 Å². The van der Waals surface area contributed by atoms with Gasteiger partial charge in [0.2, 0.25) is 0 Å². The minimum atomic E-state index is -0.389. The van der Waals surface area contributed by atoms with E-state index in [9.17, 15) is 9.90 Å². The number of urea groups is 1. The van der Waals surface area contributed by atoms with Gasteiger partial charge in [0.05, 0.1) is 24.8 Å². The number of carbonyl (C=O) groups is 1. The molecule has 1 rings (SSSR count). The van der Waals surface area contributed by atoms with Gasteiger partial charge >= 0.3 is 6.03 Å². The maximum Gasteiger partial charge on any atom is 0.319 e. The van der Waals surface area contributed by atoms with Gasteiger partial charge in [-0.05, 0) is 23.6 Å². The van der Waals surface area contributed by atoms with Gasteiger partial charge in [0, 0.05) is 5.69 Å². The Kier molecular flexibility index (Phi) is 5.65. The molecule has 0 aliphatic heterocycles. The first-order valence-corrected chi connectivity index (χ1v) is 6.67. The molecule has 1 aromatic rings. The van der Waals surface area contributed by atoms with Crippen molar-refractivity contribution >= 4 is 23.3 Å². The molecular weight excluding hydrogens is 280 g/mol. The van der Waals surface area contributed by atoms with Gasteiger partial charge in [-0.1, -0.05) is 32.4 Å². The Morgan fingerprint density at radius 2 is 2.10 bits per heavy atom. The first-order chi connectivity index (χ1) is 9.27. The van der Waals surface area contributed by atoms with E-state index in [2.05, 4.69) is 10.6 Å². The highest BCUT2D eigenvalue weighted by molar-refractivity contribution is 6.32. The number of anilines is 1. The van der Waals surface area contributed by atoms with E-state index in [0.717, 1.165) is 0 Å². The SMILES string of the molecule is COc1ccc(NC(=O)N[C@H](CO)C(C)(C)C)cc1Cl. The van der Waals surface area contributed by atoms with E-state index in [4.69, 9.17) is 16.3 Å². The van der Waals surface area contributed by atoms with Crippen LogP contribution in [0, 0.1) is 5.41 Å². The standard InChI is InChI=1S/C14H21ClN2O3/c1-14(2,3)12(8-18)17-13(19)16-9-5-6-11(20-4)10(15)7-9/h5-7,12,18H,8H2,1-4H3,(H2,16,17,19)/t12-/m1/s1. The quantitative estimate of drug-likeness (QED) is 0.801. The zero-order valence-electron chi connectivity index (χ0n) is 12.2. The van der Waals surface area contributed by atoms with E-state index in [1.807, 2.05) is 20.8 Å².